The van der Waals surface area contributed by atoms with Gasteiger partial charge in [0, 0.05) is 0 Å². The van der Waals surface area contributed by atoms with Gasteiger partial charge in [0.05, 0.1) is 0 Å². The standard InChI is InChI=1S/C5H4IN5O/c6-4-8-1-2(7)9-5(12)11-3(1)10-4/h(H4,7,8,9,10,11,12). The number of hydrogen-bond acceptors (Lipinski definition) is 4. The lowest BCUT2D eigenvalue weighted by Crippen LogP contribution is -2.12. The molecule has 62 valence electrons. The van der Waals surface area contributed by atoms with E-state index in [0.29, 0.717) is 15.0 Å². The maximum absolute atomic E-state index is 10.8. The highest BCUT2D eigenvalue weighted by Gasteiger charge is 2.05. The highest BCUT2D eigenvalue weighted by Crippen LogP contribution is 2.12. The average Bonchev–Trinajstić information content (AvgIpc) is 2.29. The van der Waals surface area contributed by atoms with E-state index in [1.54, 1.807) is 0 Å². The lowest BCUT2D eigenvalue weighted by atomic mass is 10.5. The van der Waals surface area contributed by atoms with E-state index in [0.717, 1.165) is 0 Å². The van der Waals surface area contributed by atoms with Gasteiger partial charge in [-0.3, -0.25) is 4.98 Å². The second-order valence-electron chi connectivity index (χ2n) is 2.18. The summed E-state index contributed by atoms with van der Waals surface area (Å²) in [5, 5.41) is 0. The molecule has 0 aromatic carbocycles. The Morgan fingerprint density at radius 2 is 2.08 bits per heavy atom. The minimum absolute atomic E-state index is 0.264. The lowest BCUT2D eigenvalue weighted by Gasteiger charge is -1.90. The molecule has 7 heteroatoms. The van der Waals surface area contributed by atoms with E-state index in [9.17, 15) is 4.79 Å². The fraction of sp³-hybridized carbons (Fsp3) is 0. The van der Waals surface area contributed by atoms with E-state index in [1.807, 2.05) is 22.6 Å². The summed E-state index contributed by atoms with van der Waals surface area (Å²) in [7, 11) is 0. The van der Waals surface area contributed by atoms with E-state index < -0.39 is 5.69 Å². The van der Waals surface area contributed by atoms with Crippen LogP contribution in [0.25, 0.3) is 11.2 Å². The first kappa shape index (κ1) is 7.53. The van der Waals surface area contributed by atoms with E-state index in [-0.39, 0.29) is 5.82 Å². The number of fused-ring (bicyclic) bond motifs is 1. The molecule has 0 aliphatic heterocycles. The van der Waals surface area contributed by atoms with Crippen molar-refractivity contribution in [1.29, 1.82) is 0 Å². The molecule has 0 atom stereocenters. The van der Waals surface area contributed by atoms with Gasteiger partial charge in [-0.05, 0) is 22.6 Å². The van der Waals surface area contributed by atoms with E-state index in [2.05, 4.69) is 19.9 Å². The maximum Gasteiger partial charge on any atom is 0.348 e. The van der Waals surface area contributed by atoms with Gasteiger partial charge in [-0.1, -0.05) is 0 Å². The maximum atomic E-state index is 10.8. The van der Waals surface area contributed by atoms with Gasteiger partial charge in [-0.15, -0.1) is 0 Å². The number of halogens is 1. The number of nitrogens with one attached hydrogen (secondary N) is 2. The van der Waals surface area contributed by atoms with Crippen molar-refractivity contribution >= 4 is 39.6 Å². The van der Waals surface area contributed by atoms with Crippen LogP contribution >= 0.6 is 22.6 Å². The highest BCUT2D eigenvalue weighted by atomic mass is 127. The number of H-pyrrole nitrogens is 2. The zero-order valence-corrected chi connectivity index (χ0v) is 7.92. The van der Waals surface area contributed by atoms with E-state index in [1.165, 1.54) is 0 Å². The van der Waals surface area contributed by atoms with Crippen LogP contribution in [0.2, 0.25) is 0 Å². The third kappa shape index (κ3) is 1.05. The molecule has 6 nitrogen and oxygen atoms in total. The summed E-state index contributed by atoms with van der Waals surface area (Å²) in [6, 6.07) is 0. The summed E-state index contributed by atoms with van der Waals surface area (Å²) in [5.41, 5.74) is 5.93. The van der Waals surface area contributed by atoms with Crippen LogP contribution in [0, 0.1) is 3.83 Å². The normalized spacial score (nSPS) is 10.8. The molecule has 0 saturated carbocycles. The molecule has 0 fully saturated rings. The number of nitrogens with two attached hydrogens (primary N) is 1. The van der Waals surface area contributed by atoms with Crippen molar-refractivity contribution in [3.8, 4) is 0 Å². The Morgan fingerprint density at radius 3 is 2.83 bits per heavy atom. The first-order valence-electron chi connectivity index (χ1n) is 3.08. The van der Waals surface area contributed by atoms with Crippen molar-refractivity contribution in [2.75, 3.05) is 5.73 Å². The number of aromatic nitrogens is 4. The minimum Gasteiger partial charge on any atom is -0.383 e. The SMILES string of the molecule is Nc1[nH]c(=O)nc2nc(I)[nH]c12. The Balaban J connectivity index is 2.97. The summed E-state index contributed by atoms with van der Waals surface area (Å²) in [6.45, 7) is 0. The van der Waals surface area contributed by atoms with Crippen LogP contribution in [0.15, 0.2) is 4.79 Å². The molecule has 0 aliphatic carbocycles. The van der Waals surface area contributed by atoms with Crippen LogP contribution in [-0.4, -0.2) is 19.9 Å². The molecular weight excluding hydrogens is 273 g/mol. The van der Waals surface area contributed by atoms with Crippen molar-refractivity contribution in [1.82, 2.24) is 19.9 Å². The second kappa shape index (κ2) is 2.44. The smallest absolute Gasteiger partial charge is 0.348 e. The van der Waals surface area contributed by atoms with E-state index >= 15 is 0 Å². The van der Waals surface area contributed by atoms with Gasteiger partial charge in [0.25, 0.3) is 0 Å². The predicted octanol–water partition coefficient (Wildman–Crippen LogP) is -0.167. The monoisotopic (exact) mass is 277 g/mol. The number of imidazole rings is 1. The fourth-order valence-corrected chi connectivity index (χ4v) is 1.40. The van der Waals surface area contributed by atoms with Gasteiger partial charge in [0.15, 0.2) is 9.48 Å². The van der Waals surface area contributed by atoms with Crippen LogP contribution in [0.3, 0.4) is 0 Å². The largest absolute Gasteiger partial charge is 0.383 e. The number of nitrogens with zero attached hydrogens (tertiary/aromatic N) is 2. The Morgan fingerprint density at radius 1 is 1.33 bits per heavy atom. The Kier molecular flexibility index (Phi) is 1.53. The zero-order chi connectivity index (χ0) is 8.72. The Bertz CT molecular complexity index is 486. The molecule has 2 rings (SSSR count). The van der Waals surface area contributed by atoms with Gasteiger partial charge in [-0.25, -0.2) is 9.78 Å². The summed E-state index contributed by atoms with van der Waals surface area (Å²) < 4.78 is 0.654. The first-order valence-corrected chi connectivity index (χ1v) is 4.15. The van der Waals surface area contributed by atoms with Crippen molar-refractivity contribution in [2.45, 2.75) is 0 Å². The number of aromatic amines is 2. The Labute approximate surface area is 79.7 Å². The summed E-state index contributed by atoms with van der Waals surface area (Å²) in [5.74, 6) is 0.264. The van der Waals surface area contributed by atoms with Crippen LogP contribution in [0.5, 0.6) is 0 Å². The van der Waals surface area contributed by atoms with Gasteiger partial charge in [0.2, 0.25) is 0 Å². The molecule has 0 radical (unpaired) electrons. The second-order valence-corrected chi connectivity index (χ2v) is 3.20. The summed E-state index contributed by atoms with van der Waals surface area (Å²) in [6.07, 6.45) is 0. The van der Waals surface area contributed by atoms with E-state index in [4.69, 9.17) is 5.73 Å². The molecular formula is C5H4IN5O. The van der Waals surface area contributed by atoms with Gasteiger partial charge < -0.3 is 10.7 Å². The van der Waals surface area contributed by atoms with Crippen molar-refractivity contribution in [3.63, 3.8) is 0 Å². The average molecular weight is 277 g/mol. The van der Waals surface area contributed by atoms with Crippen LogP contribution in [-0.2, 0) is 0 Å². The fourth-order valence-electron chi connectivity index (χ4n) is 0.906. The molecule has 2 aromatic rings. The van der Waals surface area contributed by atoms with Gasteiger partial charge >= 0.3 is 5.69 Å². The van der Waals surface area contributed by atoms with Crippen LogP contribution in [0.1, 0.15) is 0 Å². The molecule has 0 bridgehead atoms. The Hall–Kier alpha value is -1.12. The molecule has 0 amide bonds. The number of hydrogen-bond donors (Lipinski definition) is 3. The van der Waals surface area contributed by atoms with Crippen molar-refractivity contribution < 1.29 is 0 Å². The molecule has 12 heavy (non-hydrogen) atoms. The molecule has 0 unspecified atom stereocenters. The predicted molar refractivity (Wildman–Crippen MR) is 51.6 cm³/mol. The van der Waals surface area contributed by atoms with Crippen molar-refractivity contribution in [2.24, 2.45) is 0 Å². The first-order chi connectivity index (χ1) is 5.66. The van der Waals surface area contributed by atoms with Gasteiger partial charge in [-0.2, -0.15) is 4.98 Å². The van der Waals surface area contributed by atoms with Crippen molar-refractivity contribution in [3.05, 3.63) is 14.3 Å². The third-order valence-corrected chi connectivity index (χ3v) is 1.89. The number of anilines is 1. The summed E-state index contributed by atoms with van der Waals surface area (Å²) in [4.78, 5) is 23.6. The quantitative estimate of drug-likeness (QED) is 0.460. The zero-order valence-electron chi connectivity index (χ0n) is 5.76. The lowest BCUT2D eigenvalue weighted by molar-refractivity contribution is 1.11. The van der Waals surface area contributed by atoms with Gasteiger partial charge in [0.1, 0.15) is 11.3 Å². The third-order valence-electron chi connectivity index (χ3n) is 1.37. The number of rotatable bonds is 0. The van der Waals surface area contributed by atoms with Crippen LogP contribution < -0.4 is 11.4 Å². The minimum atomic E-state index is -0.483. The molecule has 4 N–H and O–H groups in total. The summed E-state index contributed by atoms with van der Waals surface area (Å²) >= 11 is 1.98. The molecule has 2 aromatic heterocycles. The molecule has 0 aliphatic rings. The highest BCUT2D eigenvalue weighted by molar-refractivity contribution is 14.1. The molecule has 2 heterocycles. The molecule has 0 spiro atoms. The van der Waals surface area contributed by atoms with Crippen LogP contribution in [0.4, 0.5) is 5.82 Å². The molecule has 0 saturated heterocycles. The number of nitrogen functional groups attached to an aromatic ring is 1. The topological polar surface area (TPSA) is 100 Å².